The molecule has 1 aliphatic rings. The summed E-state index contributed by atoms with van der Waals surface area (Å²) in [6.45, 7) is 0. The average molecular weight is 390 g/mol. The molecule has 0 N–H and O–H groups in total. The lowest BCUT2D eigenvalue weighted by Gasteiger charge is -2.04. The normalized spacial score (nSPS) is 26.3. The number of hydrogen-bond donors (Lipinski definition) is 0. The largest absolute Gasteiger partial charge is 0.302 e. The number of hydrogen-bond acceptors (Lipinski definition) is 4. The maximum atomic E-state index is 12.9. The molecule has 0 bridgehead atoms. The third-order valence-electron chi connectivity index (χ3n) is 4.20. The Morgan fingerprint density at radius 3 is 2.22 bits per heavy atom. The molecule has 4 nitrogen and oxygen atoms in total. The number of nitriles is 1. The highest BCUT2D eigenvalue weighted by Crippen LogP contribution is 2.62. The Morgan fingerprint density at radius 2 is 1.70 bits per heavy atom. The van der Waals surface area contributed by atoms with E-state index in [4.69, 9.17) is 0 Å². The standard InChI is InChI=1S/C17H12BrNO3S/c18-13-8-6-12(7-9-13)15-16(17(15,10-19)11-20)23(21,22)14-4-2-1-3-5-14/h1-9,11,15-16H/t15-,16+,17+/m1/s1. The molecule has 23 heavy (non-hydrogen) atoms. The Hall–Kier alpha value is -1.97. The zero-order chi connectivity index (χ0) is 16.7. The maximum absolute atomic E-state index is 12.9. The topological polar surface area (TPSA) is 75.0 Å². The Morgan fingerprint density at radius 1 is 1.09 bits per heavy atom. The highest BCUT2D eigenvalue weighted by molar-refractivity contribution is 9.10. The van der Waals surface area contributed by atoms with Gasteiger partial charge in [-0.2, -0.15) is 5.26 Å². The lowest BCUT2D eigenvalue weighted by atomic mass is 10.0. The summed E-state index contributed by atoms with van der Waals surface area (Å²) < 4.78 is 26.6. The van der Waals surface area contributed by atoms with Gasteiger partial charge in [-0.25, -0.2) is 8.42 Å². The molecule has 2 aromatic carbocycles. The molecule has 0 aliphatic heterocycles. The highest BCUT2D eigenvalue weighted by Gasteiger charge is 2.72. The van der Waals surface area contributed by atoms with Crippen molar-refractivity contribution in [3.05, 3.63) is 64.6 Å². The Labute approximate surface area is 142 Å². The molecule has 0 aromatic heterocycles. The highest BCUT2D eigenvalue weighted by atomic mass is 79.9. The molecule has 3 rings (SSSR count). The minimum Gasteiger partial charge on any atom is -0.302 e. The average Bonchev–Trinajstić information content (AvgIpc) is 3.27. The van der Waals surface area contributed by atoms with Crippen LogP contribution in [0, 0.1) is 16.7 Å². The summed E-state index contributed by atoms with van der Waals surface area (Å²) in [5, 5.41) is 8.41. The zero-order valence-electron chi connectivity index (χ0n) is 11.9. The molecular formula is C17H12BrNO3S. The third-order valence-corrected chi connectivity index (χ3v) is 6.99. The molecular weight excluding hydrogens is 378 g/mol. The van der Waals surface area contributed by atoms with Crippen LogP contribution >= 0.6 is 15.9 Å². The Balaban J connectivity index is 2.09. The van der Waals surface area contributed by atoms with Crippen LogP contribution in [-0.2, 0) is 14.6 Å². The quantitative estimate of drug-likeness (QED) is 0.752. The number of nitrogens with zero attached hydrogens (tertiary/aromatic N) is 1. The second-order valence-corrected chi connectivity index (χ2v) is 8.46. The Bertz CT molecular complexity index is 888. The molecule has 0 spiro atoms. The number of carbonyl (C=O) groups excluding carboxylic acids is 1. The van der Waals surface area contributed by atoms with Crippen LogP contribution in [0.25, 0.3) is 0 Å². The number of aldehydes is 1. The monoisotopic (exact) mass is 389 g/mol. The fraction of sp³-hybridized carbons (Fsp3) is 0.176. The lowest BCUT2D eigenvalue weighted by molar-refractivity contribution is -0.110. The van der Waals surface area contributed by atoms with Gasteiger partial charge in [0.15, 0.2) is 9.84 Å². The van der Waals surface area contributed by atoms with Crippen molar-refractivity contribution in [3.63, 3.8) is 0 Å². The minimum absolute atomic E-state index is 0.131. The molecule has 1 saturated carbocycles. The van der Waals surface area contributed by atoms with Crippen molar-refractivity contribution in [2.45, 2.75) is 16.1 Å². The van der Waals surface area contributed by atoms with E-state index in [0.29, 0.717) is 11.8 Å². The van der Waals surface area contributed by atoms with Gasteiger partial charge in [0.25, 0.3) is 0 Å². The van der Waals surface area contributed by atoms with Gasteiger partial charge in [-0.3, -0.25) is 0 Å². The summed E-state index contributed by atoms with van der Waals surface area (Å²) in [4.78, 5) is 11.7. The van der Waals surface area contributed by atoms with Gasteiger partial charge in [0.05, 0.1) is 11.0 Å². The maximum Gasteiger partial charge on any atom is 0.183 e. The van der Waals surface area contributed by atoms with Crippen LogP contribution in [0.5, 0.6) is 0 Å². The molecule has 1 fully saturated rings. The van der Waals surface area contributed by atoms with E-state index in [1.807, 2.05) is 6.07 Å². The first kappa shape index (κ1) is 15.9. The van der Waals surface area contributed by atoms with Crippen LogP contribution in [0.3, 0.4) is 0 Å². The van der Waals surface area contributed by atoms with E-state index >= 15 is 0 Å². The number of rotatable bonds is 4. The van der Waals surface area contributed by atoms with Crippen LogP contribution < -0.4 is 0 Å². The van der Waals surface area contributed by atoms with Gasteiger partial charge in [0.2, 0.25) is 0 Å². The van der Waals surface area contributed by atoms with Gasteiger partial charge in [0.1, 0.15) is 17.0 Å². The van der Waals surface area contributed by atoms with Gasteiger partial charge < -0.3 is 4.79 Å². The van der Waals surface area contributed by atoms with E-state index in [9.17, 15) is 18.5 Å². The van der Waals surface area contributed by atoms with E-state index in [0.717, 1.165) is 4.47 Å². The molecule has 116 valence electrons. The van der Waals surface area contributed by atoms with Gasteiger partial charge in [-0.15, -0.1) is 0 Å². The van der Waals surface area contributed by atoms with Crippen molar-refractivity contribution in [1.29, 1.82) is 5.26 Å². The van der Waals surface area contributed by atoms with E-state index < -0.39 is 26.4 Å². The van der Waals surface area contributed by atoms with Crippen LogP contribution in [0.15, 0.2) is 64.0 Å². The predicted molar refractivity (Wildman–Crippen MR) is 88.4 cm³/mol. The summed E-state index contributed by atoms with van der Waals surface area (Å²) in [6.07, 6.45) is 0.477. The van der Waals surface area contributed by atoms with Crippen molar-refractivity contribution in [3.8, 4) is 6.07 Å². The summed E-state index contributed by atoms with van der Waals surface area (Å²) in [7, 11) is -3.77. The number of benzene rings is 2. The summed E-state index contributed by atoms with van der Waals surface area (Å²) in [5.41, 5.74) is -0.853. The third kappa shape index (κ3) is 2.41. The van der Waals surface area contributed by atoms with Gasteiger partial charge in [-0.1, -0.05) is 46.3 Å². The van der Waals surface area contributed by atoms with E-state index in [1.54, 1.807) is 42.5 Å². The van der Waals surface area contributed by atoms with E-state index in [-0.39, 0.29) is 4.90 Å². The van der Waals surface area contributed by atoms with Crippen molar-refractivity contribution in [1.82, 2.24) is 0 Å². The second kappa shape index (κ2) is 5.59. The fourth-order valence-electron chi connectivity index (χ4n) is 2.99. The van der Waals surface area contributed by atoms with Crippen molar-refractivity contribution >= 4 is 32.1 Å². The van der Waals surface area contributed by atoms with Gasteiger partial charge in [-0.05, 0) is 29.8 Å². The molecule has 0 radical (unpaired) electrons. The van der Waals surface area contributed by atoms with Crippen LogP contribution in [-0.4, -0.2) is 20.0 Å². The van der Waals surface area contributed by atoms with Crippen molar-refractivity contribution in [2.24, 2.45) is 5.41 Å². The first-order valence-electron chi connectivity index (χ1n) is 6.89. The first-order chi connectivity index (χ1) is 11.0. The van der Waals surface area contributed by atoms with Crippen molar-refractivity contribution < 1.29 is 13.2 Å². The molecule has 0 heterocycles. The summed E-state index contributed by atoms with van der Waals surface area (Å²) in [5.74, 6) is -0.650. The van der Waals surface area contributed by atoms with Crippen LogP contribution in [0.2, 0.25) is 0 Å². The lowest BCUT2D eigenvalue weighted by Crippen LogP contribution is -2.16. The molecule has 2 aromatic rings. The predicted octanol–water partition coefficient (Wildman–Crippen LogP) is 3.10. The Kier molecular flexibility index (Phi) is 3.86. The molecule has 6 heteroatoms. The molecule has 1 aliphatic carbocycles. The summed E-state index contributed by atoms with van der Waals surface area (Å²) >= 11 is 3.32. The van der Waals surface area contributed by atoms with Crippen LogP contribution in [0.1, 0.15) is 11.5 Å². The molecule has 0 saturated heterocycles. The van der Waals surface area contributed by atoms with E-state index in [1.165, 1.54) is 12.1 Å². The van der Waals surface area contributed by atoms with E-state index in [2.05, 4.69) is 15.9 Å². The van der Waals surface area contributed by atoms with Gasteiger partial charge >= 0.3 is 0 Å². The number of halogens is 1. The smallest absolute Gasteiger partial charge is 0.183 e. The van der Waals surface area contributed by atoms with Crippen molar-refractivity contribution in [2.75, 3.05) is 0 Å². The second-order valence-electron chi connectivity index (χ2n) is 5.47. The molecule has 0 unspecified atom stereocenters. The first-order valence-corrected chi connectivity index (χ1v) is 9.23. The minimum atomic E-state index is -3.77. The summed E-state index contributed by atoms with van der Waals surface area (Å²) in [6, 6.07) is 16.9. The number of sulfone groups is 1. The van der Waals surface area contributed by atoms with Gasteiger partial charge in [0, 0.05) is 10.4 Å². The zero-order valence-corrected chi connectivity index (χ0v) is 14.3. The molecule has 0 amide bonds. The fourth-order valence-corrected chi connectivity index (χ4v) is 5.51. The molecule has 3 atom stereocenters. The number of carbonyl (C=O) groups is 1. The van der Waals surface area contributed by atoms with Crippen LogP contribution in [0.4, 0.5) is 0 Å². The SMILES string of the molecule is N#C[C@]1(C=O)[C@H](c2ccc(Br)cc2)[C@@H]1S(=O)(=O)c1ccccc1.